The average molecular weight is 275 g/mol. The van der Waals surface area contributed by atoms with Crippen LogP contribution in [0.2, 0.25) is 0 Å². The summed E-state index contributed by atoms with van der Waals surface area (Å²) in [6.07, 6.45) is 7.85. The first-order chi connectivity index (χ1) is 9.60. The van der Waals surface area contributed by atoms with Crippen LogP contribution in [0.25, 0.3) is 0 Å². The third-order valence-electron chi connectivity index (χ3n) is 4.54. The standard InChI is InChI=1S/C19H33N/c1-6-8-9-17(7-2)13-19(20-5)14-18-12-15(3)10-11-16(18)4/h10-12,17,19-20H,6-9,13-14H2,1-5H3. The van der Waals surface area contributed by atoms with Crippen LogP contribution in [0.1, 0.15) is 62.6 Å². The van der Waals surface area contributed by atoms with Gasteiger partial charge in [-0.05, 0) is 50.8 Å². The predicted octanol–water partition coefficient (Wildman–Crippen LogP) is 5.04. The molecule has 0 aliphatic rings. The predicted molar refractivity (Wildman–Crippen MR) is 90.4 cm³/mol. The SMILES string of the molecule is CCCCC(CC)CC(Cc1cc(C)ccc1C)NC. The maximum absolute atomic E-state index is 3.54. The van der Waals surface area contributed by atoms with E-state index in [0.29, 0.717) is 6.04 Å². The second-order valence-corrected chi connectivity index (χ2v) is 6.27. The molecule has 1 N–H and O–H groups in total. The molecule has 0 saturated heterocycles. The third kappa shape index (κ3) is 5.66. The minimum Gasteiger partial charge on any atom is -0.317 e. The summed E-state index contributed by atoms with van der Waals surface area (Å²) in [5, 5.41) is 3.54. The van der Waals surface area contributed by atoms with Gasteiger partial charge < -0.3 is 5.32 Å². The van der Waals surface area contributed by atoms with E-state index in [2.05, 4.69) is 58.3 Å². The summed E-state index contributed by atoms with van der Waals surface area (Å²) in [4.78, 5) is 0. The molecule has 0 aromatic heterocycles. The summed E-state index contributed by atoms with van der Waals surface area (Å²) in [6, 6.07) is 7.43. The Morgan fingerprint density at radius 2 is 1.90 bits per heavy atom. The van der Waals surface area contributed by atoms with Crippen LogP contribution in [0.5, 0.6) is 0 Å². The van der Waals surface area contributed by atoms with Crippen LogP contribution in [0.3, 0.4) is 0 Å². The van der Waals surface area contributed by atoms with Gasteiger partial charge in [0.05, 0.1) is 0 Å². The second-order valence-electron chi connectivity index (χ2n) is 6.27. The van der Waals surface area contributed by atoms with E-state index in [9.17, 15) is 0 Å². The van der Waals surface area contributed by atoms with Crippen LogP contribution >= 0.6 is 0 Å². The summed E-state index contributed by atoms with van der Waals surface area (Å²) in [7, 11) is 2.11. The molecule has 114 valence electrons. The van der Waals surface area contributed by atoms with Gasteiger partial charge in [0.15, 0.2) is 0 Å². The highest BCUT2D eigenvalue weighted by Crippen LogP contribution is 2.21. The van der Waals surface area contributed by atoms with Gasteiger partial charge in [0.1, 0.15) is 0 Å². The van der Waals surface area contributed by atoms with E-state index in [4.69, 9.17) is 0 Å². The smallest absolute Gasteiger partial charge is 0.0107 e. The number of nitrogens with one attached hydrogen (secondary N) is 1. The van der Waals surface area contributed by atoms with E-state index in [0.717, 1.165) is 12.3 Å². The van der Waals surface area contributed by atoms with Gasteiger partial charge in [0, 0.05) is 6.04 Å². The van der Waals surface area contributed by atoms with Crippen molar-refractivity contribution in [3.05, 3.63) is 34.9 Å². The van der Waals surface area contributed by atoms with Gasteiger partial charge in [-0.15, -0.1) is 0 Å². The molecule has 0 saturated carbocycles. The number of benzene rings is 1. The topological polar surface area (TPSA) is 12.0 Å². The molecule has 0 spiro atoms. The largest absolute Gasteiger partial charge is 0.317 e. The van der Waals surface area contributed by atoms with Crippen molar-refractivity contribution in [2.24, 2.45) is 5.92 Å². The Labute approximate surface area is 126 Å². The van der Waals surface area contributed by atoms with Crippen molar-refractivity contribution in [3.63, 3.8) is 0 Å². The quantitative estimate of drug-likeness (QED) is 0.665. The molecule has 0 bridgehead atoms. The molecule has 1 aromatic carbocycles. The van der Waals surface area contributed by atoms with Gasteiger partial charge in [-0.1, -0.05) is 63.3 Å². The van der Waals surface area contributed by atoms with Crippen molar-refractivity contribution in [1.29, 1.82) is 0 Å². The lowest BCUT2D eigenvalue weighted by Gasteiger charge is -2.23. The van der Waals surface area contributed by atoms with E-state index in [-0.39, 0.29) is 0 Å². The van der Waals surface area contributed by atoms with E-state index >= 15 is 0 Å². The van der Waals surface area contributed by atoms with Gasteiger partial charge in [0.2, 0.25) is 0 Å². The molecule has 1 rings (SSSR count). The fraction of sp³-hybridized carbons (Fsp3) is 0.684. The fourth-order valence-corrected chi connectivity index (χ4v) is 2.97. The second kappa shape index (κ2) is 9.18. The summed E-state index contributed by atoms with van der Waals surface area (Å²) in [5.41, 5.74) is 4.31. The zero-order chi connectivity index (χ0) is 15.0. The first kappa shape index (κ1) is 17.2. The number of rotatable bonds is 9. The molecule has 2 unspecified atom stereocenters. The van der Waals surface area contributed by atoms with Crippen LogP contribution in [0.15, 0.2) is 18.2 Å². The molecule has 0 amide bonds. The summed E-state index contributed by atoms with van der Waals surface area (Å²) < 4.78 is 0. The minimum absolute atomic E-state index is 0.609. The first-order valence-electron chi connectivity index (χ1n) is 8.34. The average Bonchev–Trinajstić information content (AvgIpc) is 2.45. The third-order valence-corrected chi connectivity index (χ3v) is 4.54. The molecule has 0 aliphatic carbocycles. The number of aryl methyl sites for hydroxylation is 2. The van der Waals surface area contributed by atoms with Crippen LogP contribution in [0.4, 0.5) is 0 Å². The van der Waals surface area contributed by atoms with Gasteiger partial charge in [-0.2, -0.15) is 0 Å². The Hall–Kier alpha value is -0.820. The van der Waals surface area contributed by atoms with Gasteiger partial charge >= 0.3 is 0 Å². The Morgan fingerprint density at radius 1 is 1.15 bits per heavy atom. The highest BCUT2D eigenvalue weighted by Gasteiger charge is 2.15. The van der Waals surface area contributed by atoms with Gasteiger partial charge in [-0.3, -0.25) is 0 Å². The molecule has 1 nitrogen and oxygen atoms in total. The maximum Gasteiger partial charge on any atom is 0.0107 e. The van der Waals surface area contributed by atoms with Crippen LogP contribution in [-0.2, 0) is 6.42 Å². The number of hydrogen-bond donors (Lipinski definition) is 1. The van der Waals surface area contributed by atoms with Crippen LogP contribution in [0, 0.1) is 19.8 Å². The van der Waals surface area contributed by atoms with Crippen molar-refractivity contribution < 1.29 is 0 Å². The zero-order valence-electron chi connectivity index (χ0n) is 14.1. The molecule has 2 atom stereocenters. The summed E-state index contributed by atoms with van der Waals surface area (Å²) >= 11 is 0. The van der Waals surface area contributed by atoms with Crippen molar-refractivity contribution in [3.8, 4) is 0 Å². The number of unbranched alkanes of at least 4 members (excludes halogenated alkanes) is 1. The maximum atomic E-state index is 3.54. The van der Waals surface area contributed by atoms with E-state index in [1.807, 2.05) is 0 Å². The molecular formula is C19H33N. The lowest BCUT2D eigenvalue weighted by atomic mass is 9.88. The van der Waals surface area contributed by atoms with Gasteiger partial charge in [-0.25, -0.2) is 0 Å². The molecule has 1 aromatic rings. The molecular weight excluding hydrogens is 242 g/mol. The highest BCUT2D eigenvalue weighted by atomic mass is 14.9. The molecule has 0 fully saturated rings. The lowest BCUT2D eigenvalue weighted by molar-refractivity contribution is 0.358. The Morgan fingerprint density at radius 3 is 2.50 bits per heavy atom. The van der Waals surface area contributed by atoms with Crippen molar-refractivity contribution in [2.45, 2.75) is 72.3 Å². The van der Waals surface area contributed by atoms with E-state index in [1.54, 1.807) is 0 Å². The molecule has 20 heavy (non-hydrogen) atoms. The molecule has 0 heterocycles. The van der Waals surface area contributed by atoms with Crippen molar-refractivity contribution >= 4 is 0 Å². The highest BCUT2D eigenvalue weighted by molar-refractivity contribution is 5.31. The summed E-state index contributed by atoms with van der Waals surface area (Å²) in [6.45, 7) is 9.05. The molecule has 0 aliphatic heterocycles. The number of likely N-dealkylation sites (N-methyl/N-ethyl adjacent to an activating group) is 1. The van der Waals surface area contributed by atoms with E-state index < -0.39 is 0 Å². The fourth-order valence-electron chi connectivity index (χ4n) is 2.97. The molecule has 0 radical (unpaired) electrons. The summed E-state index contributed by atoms with van der Waals surface area (Å²) in [5.74, 6) is 0.873. The van der Waals surface area contributed by atoms with Gasteiger partial charge in [0.25, 0.3) is 0 Å². The van der Waals surface area contributed by atoms with Crippen molar-refractivity contribution in [2.75, 3.05) is 7.05 Å². The molecule has 1 heteroatoms. The van der Waals surface area contributed by atoms with Crippen molar-refractivity contribution in [1.82, 2.24) is 5.32 Å². The van der Waals surface area contributed by atoms with Crippen LogP contribution in [-0.4, -0.2) is 13.1 Å². The minimum atomic E-state index is 0.609. The van der Waals surface area contributed by atoms with E-state index in [1.165, 1.54) is 48.8 Å². The Balaban J connectivity index is 2.63. The zero-order valence-corrected chi connectivity index (χ0v) is 14.1. The normalized spacial score (nSPS) is 14.2. The monoisotopic (exact) mass is 275 g/mol. The van der Waals surface area contributed by atoms with Crippen LogP contribution < -0.4 is 5.32 Å². The Bertz CT molecular complexity index is 383. The lowest BCUT2D eigenvalue weighted by Crippen LogP contribution is -2.30. The Kier molecular flexibility index (Phi) is 7.91. The number of hydrogen-bond acceptors (Lipinski definition) is 1. The first-order valence-corrected chi connectivity index (χ1v) is 8.34.